The van der Waals surface area contributed by atoms with Crippen molar-refractivity contribution in [3.05, 3.63) is 108 Å². The number of aromatic hydroxyl groups is 1. The van der Waals surface area contributed by atoms with Gasteiger partial charge in [-0.1, -0.05) is 47.5 Å². The van der Waals surface area contributed by atoms with E-state index in [-0.39, 0.29) is 44.6 Å². The number of aromatic nitrogens is 3. The van der Waals surface area contributed by atoms with Crippen LogP contribution in [0.4, 0.5) is 0 Å². The Labute approximate surface area is 220 Å². The van der Waals surface area contributed by atoms with Gasteiger partial charge < -0.3 is 15.2 Å². The van der Waals surface area contributed by atoms with Gasteiger partial charge in [0.2, 0.25) is 0 Å². The topological polar surface area (TPSA) is 126 Å². The lowest BCUT2D eigenvalue weighted by molar-refractivity contribution is 0.0930. The van der Waals surface area contributed by atoms with Gasteiger partial charge in [0.25, 0.3) is 11.5 Å². The molecular formula is C26H20Cl2N4O5. The summed E-state index contributed by atoms with van der Waals surface area (Å²) in [4.78, 5) is 38.4. The van der Waals surface area contributed by atoms with Crippen LogP contribution in [0.1, 0.15) is 27.9 Å². The summed E-state index contributed by atoms with van der Waals surface area (Å²) in [6.07, 6.45) is 3.32. The highest BCUT2D eigenvalue weighted by molar-refractivity contribution is 6.37. The fraction of sp³-hybridized carbons (Fsp3) is 0.154. The largest absolute Gasteiger partial charge is 0.507 e. The van der Waals surface area contributed by atoms with Gasteiger partial charge in [0.1, 0.15) is 17.7 Å². The number of aromatic amines is 1. The van der Waals surface area contributed by atoms with E-state index in [1.54, 1.807) is 0 Å². The molecule has 9 nitrogen and oxygen atoms in total. The molecule has 0 saturated heterocycles. The van der Waals surface area contributed by atoms with Crippen molar-refractivity contribution in [2.45, 2.75) is 25.3 Å². The molecule has 0 saturated carbocycles. The number of fused-ring (bicyclic) bond motifs is 1. The number of hydrogen-bond donors (Lipinski definition) is 3. The molecule has 0 aliphatic heterocycles. The van der Waals surface area contributed by atoms with Crippen molar-refractivity contribution in [1.82, 2.24) is 20.1 Å². The molecule has 4 aromatic rings. The normalized spacial score (nSPS) is 14.6. The van der Waals surface area contributed by atoms with Gasteiger partial charge in [-0.15, -0.1) is 0 Å². The van der Waals surface area contributed by atoms with Crippen LogP contribution in [-0.2, 0) is 12.8 Å². The molecule has 3 N–H and O–H groups in total. The van der Waals surface area contributed by atoms with E-state index in [0.717, 1.165) is 23.7 Å². The molecule has 1 aromatic heterocycles. The number of ether oxygens (including phenoxy) is 1. The first-order valence-electron chi connectivity index (χ1n) is 11.3. The highest BCUT2D eigenvalue weighted by Crippen LogP contribution is 2.39. The number of nitrogens with zero attached hydrogens (tertiary/aromatic N) is 2. The van der Waals surface area contributed by atoms with Gasteiger partial charge in [-0.2, -0.15) is 9.78 Å². The molecule has 0 fully saturated rings. The van der Waals surface area contributed by atoms with E-state index in [1.165, 1.54) is 41.5 Å². The van der Waals surface area contributed by atoms with Crippen LogP contribution in [0.2, 0.25) is 10.0 Å². The Balaban J connectivity index is 1.36. The maximum Gasteiger partial charge on any atom is 0.349 e. The lowest BCUT2D eigenvalue weighted by Crippen LogP contribution is -2.38. The smallest absolute Gasteiger partial charge is 0.349 e. The lowest BCUT2D eigenvalue weighted by atomic mass is 9.88. The Kier molecular flexibility index (Phi) is 6.73. The summed E-state index contributed by atoms with van der Waals surface area (Å²) < 4.78 is 6.77. The second-order valence-corrected chi connectivity index (χ2v) is 9.37. The third-order valence-corrected chi connectivity index (χ3v) is 6.62. The number of aryl methyl sites for hydroxylation is 1. The first kappa shape index (κ1) is 24.6. The van der Waals surface area contributed by atoms with E-state index in [0.29, 0.717) is 6.42 Å². The quantitative estimate of drug-likeness (QED) is 0.352. The number of benzene rings is 3. The van der Waals surface area contributed by atoms with Crippen LogP contribution in [0.15, 0.2) is 70.4 Å². The van der Waals surface area contributed by atoms with Gasteiger partial charge in [-0.3, -0.25) is 14.6 Å². The van der Waals surface area contributed by atoms with Crippen molar-refractivity contribution in [3.8, 4) is 22.9 Å². The van der Waals surface area contributed by atoms with E-state index >= 15 is 0 Å². The van der Waals surface area contributed by atoms with E-state index in [1.807, 2.05) is 12.1 Å². The van der Waals surface area contributed by atoms with E-state index in [4.69, 9.17) is 27.9 Å². The Morgan fingerprint density at radius 3 is 2.54 bits per heavy atom. The van der Waals surface area contributed by atoms with Crippen LogP contribution in [0, 0.1) is 0 Å². The minimum atomic E-state index is -0.760. The SMILES string of the molecule is O=C(NC1CCc2ccccc2C1)c1cc(Oc2c(Cl)cc(-n3ncc(=O)[nH]c3=O)cc2Cl)ccc1O. The van der Waals surface area contributed by atoms with Crippen LogP contribution in [0.3, 0.4) is 0 Å². The molecule has 0 bridgehead atoms. The third kappa shape index (κ3) is 5.23. The molecule has 1 aliphatic rings. The number of amides is 1. The van der Waals surface area contributed by atoms with Crippen molar-refractivity contribution in [1.29, 1.82) is 0 Å². The number of carbonyl (C=O) groups is 1. The zero-order chi connectivity index (χ0) is 26.1. The Morgan fingerprint density at radius 1 is 1.08 bits per heavy atom. The number of hydrogen-bond acceptors (Lipinski definition) is 6. The van der Waals surface area contributed by atoms with Crippen molar-refractivity contribution in [2.75, 3.05) is 0 Å². The number of phenolic OH excluding ortho intramolecular Hbond substituents is 1. The van der Waals surface area contributed by atoms with Gasteiger partial charge in [-0.05, 0) is 60.7 Å². The summed E-state index contributed by atoms with van der Waals surface area (Å²) >= 11 is 12.7. The van der Waals surface area contributed by atoms with Crippen LogP contribution in [-0.4, -0.2) is 31.8 Å². The molecule has 3 aromatic carbocycles. The van der Waals surface area contributed by atoms with Gasteiger partial charge in [-0.25, -0.2) is 4.79 Å². The Morgan fingerprint density at radius 2 is 1.81 bits per heavy atom. The minimum Gasteiger partial charge on any atom is -0.507 e. The molecule has 1 unspecified atom stereocenters. The average Bonchev–Trinajstić information content (AvgIpc) is 2.87. The lowest BCUT2D eigenvalue weighted by Gasteiger charge is -2.25. The number of H-pyrrole nitrogens is 1. The Bertz CT molecular complexity index is 1610. The van der Waals surface area contributed by atoms with Gasteiger partial charge in [0, 0.05) is 6.04 Å². The van der Waals surface area contributed by atoms with Crippen molar-refractivity contribution >= 4 is 29.1 Å². The minimum absolute atomic E-state index is 0.0456. The molecule has 188 valence electrons. The standard InChI is InChI=1S/C26H20Cl2N4O5/c27-20-10-17(32-26(36)31-23(34)13-29-32)11-21(28)24(20)37-18-7-8-22(33)19(12-18)25(35)30-16-6-5-14-3-1-2-4-15(14)9-16/h1-4,7-8,10-13,16,33H,5-6,9H2,(H,30,35)(H,31,34,36). The van der Waals surface area contributed by atoms with Crippen molar-refractivity contribution in [3.63, 3.8) is 0 Å². The monoisotopic (exact) mass is 538 g/mol. The molecule has 1 atom stereocenters. The molecule has 1 heterocycles. The molecule has 1 aliphatic carbocycles. The predicted molar refractivity (Wildman–Crippen MR) is 138 cm³/mol. The van der Waals surface area contributed by atoms with E-state index < -0.39 is 17.2 Å². The Hall–Kier alpha value is -4.08. The third-order valence-electron chi connectivity index (χ3n) is 6.06. The highest BCUT2D eigenvalue weighted by atomic mass is 35.5. The van der Waals surface area contributed by atoms with Crippen LogP contribution in [0.25, 0.3) is 5.69 Å². The average molecular weight is 539 g/mol. The van der Waals surface area contributed by atoms with E-state index in [2.05, 4.69) is 27.5 Å². The number of phenols is 1. The summed E-state index contributed by atoms with van der Waals surface area (Å²) in [5, 5.41) is 17.2. The second kappa shape index (κ2) is 10.1. The second-order valence-electron chi connectivity index (χ2n) is 8.55. The number of rotatable bonds is 5. The highest BCUT2D eigenvalue weighted by Gasteiger charge is 2.22. The summed E-state index contributed by atoms with van der Waals surface area (Å²) in [7, 11) is 0. The van der Waals surface area contributed by atoms with Crippen molar-refractivity contribution in [2.24, 2.45) is 0 Å². The summed E-state index contributed by atoms with van der Waals surface area (Å²) in [5.41, 5.74) is 1.34. The zero-order valence-corrected chi connectivity index (χ0v) is 20.7. The fourth-order valence-electron chi connectivity index (χ4n) is 4.27. The fourth-order valence-corrected chi connectivity index (χ4v) is 4.82. The molecule has 1 amide bonds. The summed E-state index contributed by atoms with van der Waals surface area (Å²) in [6, 6.07) is 15.1. The maximum absolute atomic E-state index is 13.0. The zero-order valence-electron chi connectivity index (χ0n) is 19.2. The number of nitrogens with one attached hydrogen (secondary N) is 2. The van der Waals surface area contributed by atoms with Crippen molar-refractivity contribution < 1.29 is 14.6 Å². The van der Waals surface area contributed by atoms with Gasteiger partial charge >= 0.3 is 5.69 Å². The predicted octanol–water partition coefficient (Wildman–Crippen LogP) is 4.01. The first-order valence-corrected chi connectivity index (χ1v) is 12.1. The molecule has 5 rings (SSSR count). The summed E-state index contributed by atoms with van der Waals surface area (Å²) in [6.45, 7) is 0. The first-order chi connectivity index (χ1) is 17.8. The van der Waals surface area contributed by atoms with Crippen LogP contribution >= 0.6 is 23.2 Å². The number of halogens is 2. The molecular weight excluding hydrogens is 519 g/mol. The molecule has 11 heteroatoms. The molecule has 0 radical (unpaired) electrons. The summed E-state index contributed by atoms with van der Waals surface area (Å²) in [5.74, 6) is -0.334. The number of carbonyl (C=O) groups excluding carboxylic acids is 1. The van der Waals surface area contributed by atoms with Gasteiger partial charge in [0.05, 0.1) is 21.3 Å². The van der Waals surface area contributed by atoms with Crippen LogP contribution < -0.4 is 21.3 Å². The van der Waals surface area contributed by atoms with E-state index in [9.17, 15) is 19.5 Å². The van der Waals surface area contributed by atoms with Crippen LogP contribution in [0.5, 0.6) is 17.2 Å². The molecule has 0 spiro atoms. The maximum atomic E-state index is 13.0. The van der Waals surface area contributed by atoms with Gasteiger partial charge in [0.15, 0.2) is 5.75 Å². The molecule has 37 heavy (non-hydrogen) atoms.